The topological polar surface area (TPSA) is 48.0 Å². The van der Waals surface area contributed by atoms with E-state index in [0.29, 0.717) is 21.6 Å². The van der Waals surface area contributed by atoms with E-state index in [9.17, 15) is 4.79 Å². The van der Waals surface area contributed by atoms with Crippen LogP contribution in [0, 0.1) is 0 Å². The maximum Gasteiger partial charge on any atom is 0.203 e. The summed E-state index contributed by atoms with van der Waals surface area (Å²) in [6.07, 6.45) is 1.82. The first-order chi connectivity index (χ1) is 7.50. The molecular formula is C12H13BrN2O. The van der Waals surface area contributed by atoms with Crippen LogP contribution in [0.15, 0.2) is 33.7 Å². The van der Waals surface area contributed by atoms with Gasteiger partial charge in [0.25, 0.3) is 0 Å². The van der Waals surface area contributed by atoms with Gasteiger partial charge in [0.2, 0.25) is 5.43 Å². The zero-order chi connectivity index (χ0) is 11.9. The van der Waals surface area contributed by atoms with Gasteiger partial charge in [0.15, 0.2) is 0 Å². The molecular weight excluding hydrogens is 268 g/mol. The molecule has 16 heavy (non-hydrogen) atoms. The van der Waals surface area contributed by atoms with Crippen LogP contribution in [0.2, 0.25) is 0 Å². The molecule has 0 bridgehead atoms. The third-order valence-electron chi connectivity index (χ3n) is 2.57. The van der Waals surface area contributed by atoms with Crippen molar-refractivity contribution in [2.24, 2.45) is 0 Å². The van der Waals surface area contributed by atoms with Crippen molar-refractivity contribution in [3.05, 3.63) is 39.1 Å². The van der Waals surface area contributed by atoms with E-state index < -0.39 is 0 Å². The van der Waals surface area contributed by atoms with Crippen LogP contribution in [-0.2, 0) is 0 Å². The maximum absolute atomic E-state index is 11.9. The second-order valence-corrected chi connectivity index (χ2v) is 4.94. The zero-order valence-electron chi connectivity index (χ0n) is 9.20. The lowest BCUT2D eigenvalue weighted by Crippen LogP contribution is -2.12. The van der Waals surface area contributed by atoms with Crippen LogP contribution in [0.4, 0.5) is 5.69 Å². The van der Waals surface area contributed by atoms with Crippen LogP contribution in [0.25, 0.3) is 10.9 Å². The van der Waals surface area contributed by atoms with E-state index in [1.807, 2.05) is 18.3 Å². The highest BCUT2D eigenvalue weighted by Gasteiger charge is 2.09. The standard InChI is InChI=1S/C12H13BrN2O/c1-7(2)15-6-10(13)12(16)9-5-8(14)3-4-11(9)15/h3-7H,14H2,1-2H3. The molecule has 0 unspecified atom stereocenters. The highest BCUT2D eigenvalue weighted by Crippen LogP contribution is 2.20. The minimum Gasteiger partial charge on any atom is -0.399 e. The van der Waals surface area contributed by atoms with Crippen molar-refractivity contribution in [3.8, 4) is 0 Å². The minimum absolute atomic E-state index is 0.0146. The number of hydrogen-bond acceptors (Lipinski definition) is 2. The zero-order valence-corrected chi connectivity index (χ0v) is 10.8. The first kappa shape index (κ1) is 11.2. The summed E-state index contributed by atoms with van der Waals surface area (Å²) in [6, 6.07) is 5.72. The van der Waals surface area contributed by atoms with E-state index in [0.717, 1.165) is 5.52 Å². The fourth-order valence-electron chi connectivity index (χ4n) is 1.77. The normalized spacial score (nSPS) is 11.2. The fourth-order valence-corrected chi connectivity index (χ4v) is 2.20. The second kappa shape index (κ2) is 3.94. The number of benzene rings is 1. The molecule has 4 heteroatoms. The molecule has 0 radical (unpaired) electrons. The summed E-state index contributed by atoms with van der Waals surface area (Å²) in [5.74, 6) is 0. The summed E-state index contributed by atoms with van der Waals surface area (Å²) in [6.45, 7) is 4.15. The van der Waals surface area contributed by atoms with E-state index >= 15 is 0 Å². The lowest BCUT2D eigenvalue weighted by molar-refractivity contribution is 0.616. The quantitative estimate of drug-likeness (QED) is 0.817. The molecule has 0 atom stereocenters. The molecule has 1 heterocycles. The molecule has 0 spiro atoms. The highest BCUT2D eigenvalue weighted by atomic mass is 79.9. The van der Waals surface area contributed by atoms with Gasteiger partial charge in [-0.15, -0.1) is 0 Å². The van der Waals surface area contributed by atoms with Gasteiger partial charge in [-0.2, -0.15) is 0 Å². The molecule has 2 aromatic rings. The molecule has 0 aliphatic heterocycles. The average Bonchev–Trinajstić information content (AvgIpc) is 2.23. The van der Waals surface area contributed by atoms with Crippen molar-refractivity contribution >= 4 is 32.5 Å². The Balaban J connectivity index is 2.95. The highest BCUT2D eigenvalue weighted by molar-refractivity contribution is 9.10. The van der Waals surface area contributed by atoms with Crippen LogP contribution in [-0.4, -0.2) is 4.57 Å². The van der Waals surface area contributed by atoms with E-state index in [1.54, 1.807) is 6.07 Å². The number of anilines is 1. The van der Waals surface area contributed by atoms with Gasteiger partial charge in [0, 0.05) is 23.3 Å². The van der Waals surface area contributed by atoms with Crippen LogP contribution in [0.3, 0.4) is 0 Å². The van der Waals surface area contributed by atoms with Gasteiger partial charge in [-0.1, -0.05) is 0 Å². The summed E-state index contributed by atoms with van der Waals surface area (Å²) < 4.78 is 2.62. The van der Waals surface area contributed by atoms with Gasteiger partial charge >= 0.3 is 0 Å². The van der Waals surface area contributed by atoms with Crippen molar-refractivity contribution in [1.29, 1.82) is 0 Å². The summed E-state index contributed by atoms with van der Waals surface area (Å²) in [4.78, 5) is 11.9. The van der Waals surface area contributed by atoms with Crippen molar-refractivity contribution in [2.45, 2.75) is 19.9 Å². The van der Waals surface area contributed by atoms with Crippen LogP contribution in [0.5, 0.6) is 0 Å². The Labute approximate surface area is 102 Å². The van der Waals surface area contributed by atoms with Crippen molar-refractivity contribution in [2.75, 3.05) is 5.73 Å². The Kier molecular flexibility index (Phi) is 2.76. The molecule has 0 saturated carbocycles. The predicted octanol–water partition coefficient (Wildman–Crippen LogP) is 2.93. The Morgan fingerprint density at radius 1 is 1.38 bits per heavy atom. The number of nitrogen functional groups attached to an aromatic ring is 1. The molecule has 1 aromatic carbocycles. The molecule has 1 aromatic heterocycles. The van der Waals surface area contributed by atoms with Gasteiger partial charge in [-0.25, -0.2) is 0 Å². The number of fused-ring (bicyclic) bond motifs is 1. The monoisotopic (exact) mass is 280 g/mol. The Morgan fingerprint density at radius 2 is 2.06 bits per heavy atom. The number of pyridine rings is 1. The van der Waals surface area contributed by atoms with Crippen LogP contribution >= 0.6 is 15.9 Å². The van der Waals surface area contributed by atoms with E-state index in [1.165, 1.54) is 0 Å². The van der Waals surface area contributed by atoms with Crippen LogP contribution < -0.4 is 11.2 Å². The first-order valence-electron chi connectivity index (χ1n) is 5.10. The molecule has 0 amide bonds. The SMILES string of the molecule is CC(C)n1cc(Br)c(=O)c2cc(N)ccc21. The Hall–Kier alpha value is -1.29. The molecule has 2 N–H and O–H groups in total. The van der Waals surface area contributed by atoms with Crippen molar-refractivity contribution in [1.82, 2.24) is 4.57 Å². The second-order valence-electron chi connectivity index (χ2n) is 4.08. The third kappa shape index (κ3) is 1.73. The van der Waals surface area contributed by atoms with Gasteiger partial charge in [-0.05, 0) is 48.0 Å². The third-order valence-corrected chi connectivity index (χ3v) is 3.13. The van der Waals surface area contributed by atoms with Gasteiger partial charge in [0.1, 0.15) is 0 Å². The molecule has 2 rings (SSSR count). The number of halogens is 1. The largest absolute Gasteiger partial charge is 0.399 e. The minimum atomic E-state index is -0.0146. The first-order valence-corrected chi connectivity index (χ1v) is 5.90. The lowest BCUT2D eigenvalue weighted by Gasteiger charge is -2.15. The Bertz CT molecular complexity index is 602. The van der Waals surface area contributed by atoms with Crippen molar-refractivity contribution < 1.29 is 0 Å². The summed E-state index contributed by atoms with van der Waals surface area (Å²) >= 11 is 3.29. The van der Waals surface area contributed by atoms with Gasteiger partial charge in [-0.3, -0.25) is 4.79 Å². The molecule has 84 valence electrons. The predicted molar refractivity (Wildman–Crippen MR) is 70.7 cm³/mol. The number of rotatable bonds is 1. The Morgan fingerprint density at radius 3 is 2.69 bits per heavy atom. The maximum atomic E-state index is 11.9. The van der Waals surface area contributed by atoms with Gasteiger partial charge < -0.3 is 10.3 Å². The summed E-state index contributed by atoms with van der Waals surface area (Å²) in [7, 11) is 0. The van der Waals surface area contributed by atoms with Gasteiger partial charge in [0.05, 0.1) is 9.99 Å². The van der Waals surface area contributed by atoms with Crippen molar-refractivity contribution in [3.63, 3.8) is 0 Å². The smallest absolute Gasteiger partial charge is 0.203 e. The summed E-state index contributed by atoms with van der Waals surface area (Å²) in [5.41, 5.74) is 7.21. The molecule has 3 nitrogen and oxygen atoms in total. The molecule has 0 aliphatic rings. The van der Waals surface area contributed by atoms with Crippen LogP contribution in [0.1, 0.15) is 19.9 Å². The van der Waals surface area contributed by atoms with E-state index in [2.05, 4.69) is 34.3 Å². The number of hydrogen-bond donors (Lipinski definition) is 1. The fraction of sp³-hybridized carbons (Fsp3) is 0.250. The van der Waals surface area contributed by atoms with E-state index in [-0.39, 0.29) is 5.43 Å². The molecule has 0 aliphatic carbocycles. The number of nitrogens with zero attached hydrogens (tertiary/aromatic N) is 1. The molecule has 0 saturated heterocycles. The lowest BCUT2D eigenvalue weighted by atomic mass is 10.1. The van der Waals surface area contributed by atoms with E-state index in [4.69, 9.17) is 5.73 Å². The number of aromatic nitrogens is 1. The number of nitrogens with two attached hydrogens (primary N) is 1. The summed E-state index contributed by atoms with van der Waals surface area (Å²) in [5, 5.41) is 0.656. The average molecular weight is 281 g/mol. The molecule has 0 fully saturated rings.